The first-order valence-corrected chi connectivity index (χ1v) is 4.00. The fourth-order valence-electron chi connectivity index (χ4n) is 0. The Balaban J connectivity index is 2.32. The molecule has 0 rings (SSSR count). The second-order valence-corrected chi connectivity index (χ2v) is 1.51. The minimum absolute atomic E-state index is 5.08. The van der Waals surface area contributed by atoms with Gasteiger partial charge in [0.05, 0.1) is 0 Å². The predicted octanol–water partition coefficient (Wildman–Crippen LogP) is 1.26. The fourth-order valence-corrected chi connectivity index (χ4v) is 0. The molecule has 0 unspecified atom stereocenters. The van der Waals surface area contributed by atoms with Crippen molar-refractivity contribution in [2.75, 3.05) is 0 Å². The molecule has 0 aromatic rings. The van der Waals surface area contributed by atoms with E-state index in [1.807, 2.05) is 0 Å². The standard InChI is InChI=1S/Am.3FH/h;3*1H/q+3;;;/p-3. The van der Waals surface area contributed by atoms with Crippen LogP contribution in [0.3, 0.4) is 0 Å². The molecule has 0 spiro atoms. The number of hydrogen-bond acceptors (Lipinski definition) is 0. The van der Waals surface area contributed by atoms with Gasteiger partial charge < -0.3 is 0 Å². The van der Waals surface area contributed by atoms with E-state index in [0.29, 0.717) is 0 Å². The van der Waals surface area contributed by atoms with Gasteiger partial charge in [-0.1, -0.05) is 0 Å². The van der Waals surface area contributed by atoms with Gasteiger partial charge in [-0.3, -0.25) is 0 Å². The van der Waals surface area contributed by atoms with Crippen LogP contribution in [-0.2, 0) is 0 Å². The Hall–Kier alpha value is 0.180. The molecule has 0 saturated carbocycles. The molecule has 0 N–H and O–H groups in total. The van der Waals surface area contributed by atoms with Gasteiger partial charge >= 0.3 is 24.2 Å². The van der Waals surface area contributed by atoms with E-state index in [0.717, 1.165) is 0 Å². The van der Waals surface area contributed by atoms with E-state index in [1.165, 1.54) is 0 Å². The van der Waals surface area contributed by atoms with Crippen molar-refractivity contribution in [3.8, 4) is 0 Å². The Kier molecular flexibility index (Phi) is 1.56. The fraction of sp³-hybridized carbons (Fsp3) is 0. The number of hydrogen-bond donors (Lipinski definition) is 0. The molecule has 0 saturated heterocycles. The van der Waals surface area contributed by atoms with Crippen molar-refractivity contribution >= 4 is 0 Å². The van der Waals surface area contributed by atoms with Gasteiger partial charge in [0.2, 0.25) is 0 Å². The number of rotatable bonds is 0. The summed E-state index contributed by atoms with van der Waals surface area (Å²) in [4.78, 5) is 0. The van der Waals surface area contributed by atoms with Gasteiger partial charge in [-0.15, -0.1) is 0 Å². The first kappa shape index (κ1) is 4.18. The first-order valence-electron chi connectivity index (χ1n) is 0.429. The van der Waals surface area contributed by atoms with Crippen LogP contribution in [0.5, 0.6) is 0 Å². The van der Waals surface area contributed by atoms with Gasteiger partial charge in [0, 0.05) is 0 Å². The zero-order valence-corrected chi connectivity index (χ0v) is 4.66. The maximum absolute atomic E-state index is 9.87. The molecule has 4 heavy (non-hydrogen) atoms. The van der Waals surface area contributed by atoms with Crippen molar-refractivity contribution in [1.82, 2.24) is 0 Å². The summed E-state index contributed by atoms with van der Waals surface area (Å²) in [6, 6.07) is 0. The summed E-state index contributed by atoms with van der Waals surface area (Å²) in [7, 11) is 0. The van der Waals surface area contributed by atoms with E-state index in [-0.39, 0.29) is 0 Å². The Labute approximate surface area is 25.3 Å². The summed E-state index contributed by atoms with van der Waals surface area (Å²) in [6.07, 6.45) is 0. The van der Waals surface area contributed by atoms with Crippen molar-refractivity contribution in [3.63, 3.8) is 0 Å². The van der Waals surface area contributed by atoms with Crippen LogP contribution in [-0.4, -0.2) is 0 Å². The molecule has 0 aromatic carbocycles. The summed E-state index contributed by atoms with van der Waals surface area (Å²) in [5.41, 5.74) is 0. The summed E-state index contributed by atoms with van der Waals surface area (Å²) in [6.45, 7) is 0. The molecule has 0 aliphatic carbocycles. The minimum atomic E-state index is -5.08. The molecule has 0 atom stereocenters. The monoisotopic (exact) mass is 298 g/mol. The molecule has 0 nitrogen and oxygen atoms in total. The van der Waals surface area contributed by atoms with Crippen molar-refractivity contribution in [1.29, 1.82) is 0 Å². The molecule has 0 aliphatic rings. The first-order chi connectivity index (χ1) is 1.73. The third-order valence-electron chi connectivity index (χ3n) is 0. The molecule has 4 heteroatoms. The van der Waals surface area contributed by atoms with E-state index >= 15 is 0 Å². The van der Waals surface area contributed by atoms with Gasteiger partial charge in [0.25, 0.3) is 0 Å². The van der Waals surface area contributed by atoms with Crippen LogP contribution in [0.25, 0.3) is 0 Å². The third-order valence-corrected chi connectivity index (χ3v) is 0. The normalized spacial score (nSPS) is 6.75. The van der Waals surface area contributed by atoms with Crippen LogP contribution < -0.4 is 0 Å². The molecule has 0 bridgehead atoms. The molecule has 0 fully saturated rings. The Morgan fingerprint density at radius 1 is 1.00 bits per heavy atom. The Bertz CT molecular complexity index is 8.00. The topological polar surface area (TPSA) is 0 Å². The van der Waals surface area contributed by atoms with Crippen molar-refractivity contribution in [2.24, 2.45) is 0 Å². The van der Waals surface area contributed by atoms with Gasteiger partial charge in [-0.2, -0.15) is 0 Å². The Morgan fingerprint density at radius 3 is 1.00 bits per heavy atom. The second kappa shape index (κ2) is 1.49. The van der Waals surface area contributed by atoms with Crippen molar-refractivity contribution in [2.45, 2.75) is 0 Å². The average Bonchev–Trinajstić information content (AvgIpc) is 0.811. The summed E-state index contributed by atoms with van der Waals surface area (Å²) >= 11 is -5.08. The molecule has 0 aliphatic heterocycles. The van der Waals surface area contributed by atoms with Crippen LogP contribution in [0.1, 0.15) is 0 Å². The average molecular weight is 300 g/mol. The molecule has 0 amide bonds. The zero-order chi connectivity index (χ0) is 3.58. The third kappa shape index (κ3) is 94.0. The van der Waals surface area contributed by atoms with Gasteiger partial charge in [-0.05, 0) is 0 Å². The van der Waals surface area contributed by atoms with Crippen LogP contribution >= 0.6 is 0 Å². The number of halogens is 3. The molecular weight excluding hydrogens is 300 g/mol. The van der Waals surface area contributed by atoms with Crippen LogP contribution in [0, 0.1) is 12.8 Å². The van der Waals surface area contributed by atoms with E-state index in [4.69, 9.17) is 0 Å². The van der Waals surface area contributed by atoms with Crippen LogP contribution in [0.2, 0.25) is 0 Å². The van der Waals surface area contributed by atoms with E-state index < -0.39 is 12.8 Å². The summed E-state index contributed by atoms with van der Waals surface area (Å²) < 4.78 is 29.6. The zero-order valence-electron chi connectivity index (χ0n) is 1.51. The van der Waals surface area contributed by atoms with Gasteiger partial charge in [0.15, 0.2) is 0 Å². The summed E-state index contributed by atoms with van der Waals surface area (Å²) in [5.74, 6) is 0. The Morgan fingerprint density at radius 2 is 1.00 bits per heavy atom. The quantitative estimate of drug-likeness (QED) is 0.632. The van der Waals surface area contributed by atoms with Crippen LogP contribution in [0.4, 0.5) is 11.4 Å². The second-order valence-electron chi connectivity index (χ2n) is 0.162. The maximum atomic E-state index is 9.87. The van der Waals surface area contributed by atoms with Gasteiger partial charge in [0.1, 0.15) is 0 Å². The van der Waals surface area contributed by atoms with E-state index in [9.17, 15) is 11.4 Å². The molecule has 0 radical (unpaired) electrons. The summed E-state index contributed by atoms with van der Waals surface area (Å²) in [5, 5.41) is 0. The van der Waals surface area contributed by atoms with Crippen molar-refractivity contribution < 1.29 is 24.2 Å². The molecule has 28 valence electrons. The van der Waals surface area contributed by atoms with Crippen LogP contribution in [0.15, 0.2) is 0 Å². The predicted molar refractivity (Wildman–Crippen MR) is 3.32 cm³/mol. The van der Waals surface area contributed by atoms with E-state index in [2.05, 4.69) is 0 Å². The molecule has 0 heterocycles. The molecule has 0 aromatic heterocycles. The molecular formula is AmF3. The van der Waals surface area contributed by atoms with Crippen molar-refractivity contribution in [3.05, 3.63) is 0 Å². The van der Waals surface area contributed by atoms with Gasteiger partial charge in [-0.25, -0.2) is 0 Å². The SMILES string of the molecule is [F][Am]([F])[F]. The van der Waals surface area contributed by atoms with E-state index in [1.54, 1.807) is 0 Å².